The minimum absolute atomic E-state index is 0.0143. The summed E-state index contributed by atoms with van der Waals surface area (Å²) in [6.45, 7) is -0.0205. The van der Waals surface area contributed by atoms with Crippen molar-refractivity contribution in [3.63, 3.8) is 0 Å². The van der Waals surface area contributed by atoms with E-state index in [1.54, 1.807) is 0 Å². The van der Waals surface area contributed by atoms with Gasteiger partial charge >= 0.3 is 5.97 Å². The maximum absolute atomic E-state index is 12.2. The molecular weight excluding hydrogens is 264 g/mol. The Balaban J connectivity index is 2.22. The van der Waals surface area contributed by atoms with Crippen molar-refractivity contribution in [2.45, 2.75) is 18.6 Å². The number of amides is 2. The lowest BCUT2D eigenvalue weighted by Crippen LogP contribution is -2.40. The molecule has 1 fully saturated rings. The monoisotopic (exact) mass is 278 g/mol. The molecule has 1 aliphatic heterocycles. The number of nitrogens with zero attached hydrogens (tertiary/aromatic N) is 1. The van der Waals surface area contributed by atoms with E-state index < -0.39 is 29.9 Å². The van der Waals surface area contributed by atoms with Crippen LogP contribution >= 0.6 is 0 Å². The summed E-state index contributed by atoms with van der Waals surface area (Å²) in [5.41, 5.74) is 5.60. The van der Waals surface area contributed by atoms with Crippen LogP contribution in [-0.2, 0) is 4.79 Å². The number of hydrogen-bond acceptors (Lipinski definition) is 4. The molecule has 2 amide bonds. The number of aliphatic hydroxyl groups is 1. The summed E-state index contributed by atoms with van der Waals surface area (Å²) in [7, 11) is 0. The lowest BCUT2D eigenvalue weighted by atomic mass is 10.1. The highest BCUT2D eigenvalue weighted by molar-refractivity contribution is 5.98. The molecule has 0 aromatic heterocycles. The van der Waals surface area contributed by atoms with E-state index in [2.05, 4.69) is 0 Å². The van der Waals surface area contributed by atoms with E-state index >= 15 is 0 Å². The molecule has 0 bridgehead atoms. The van der Waals surface area contributed by atoms with E-state index in [0.717, 1.165) is 4.90 Å². The predicted octanol–water partition coefficient (Wildman–Crippen LogP) is -0.554. The molecule has 1 heterocycles. The quantitative estimate of drug-likeness (QED) is 0.684. The van der Waals surface area contributed by atoms with Crippen LogP contribution < -0.4 is 5.73 Å². The molecule has 0 spiro atoms. The first-order chi connectivity index (χ1) is 9.40. The summed E-state index contributed by atoms with van der Waals surface area (Å²) < 4.78 is 0. The molecule has 7 heteroatoms. The van der Waals surface area contributed by atoms with Crippen molar-refractivity contribution in [3.05, 3.63) is 35.4 Å². The number of hydrogen-bond donors (Lipinski definition) is 3. The van der Waals surface area contributed by atoms with E-state index in [1.165, 1.54) is 24.3 Å². The Morgan fingerprint density at radius 2 is 1.70 bits per heavy atom. The van der Waals surface area contributed by atoms with Crippen molar-refractivity contribution < 1.29 is 24.6 Å². The Bertz CT molecular complexity index is 554. The van der Waals surface area contributed by atoms with Crippen molar-refractivity contribution in [2.24, 2.45) is 5.73 Å². The average Bonchev–Trinajstić information content (AvgIpc) is 2.80. The highest BCUT2D eigenvalue weighted by Gasteiger charge is 2.39. The highest BCUT2D eigenvalue weighted by atomic mass is 16.4. The number of aliphatic hydroxyl groups excluding tert-OH is 1. The molecule has 0 unspecified atom stereocenters. The third kappa shape index (κ3) is 2.62. The second-order valence-corrected chi connectivity index (χ2v) is 4.64. The van der Waals surface area contributed by atoms with Crippen LogP contribution in [0.5, 0.6) is 0 Å². The molecule has 1 aromatic carbocycles. The Kier molecular flexibility index (Phi) is 3.71. The number of primary amides is 1. The van der Waals surface area contributed by atoms with Gasteiger partial charge in [-0.05, 0) is 24.3 Å². The number of carbonyl (C=O) groups is 3. The first kappa shape index (κ1) is 14.0. The van der Waals surface area contributed by atoms with Crippen molar-refractivity contribution in [2.75, 3.05) is 6.54 Å². The zero-order valence-electron chi connectivity index (χ0n) is 10.5. The van der Waals surface area contributed by atoms with Gasteiger partial charge in [-0.3, -0.25) is 9.59 Å². The number of carbonyl (C=O) groups excluding carboxylic acids is 2. The maximum Gasteiger partial charge on any atom is 0.326 e. The Labute approximate surface area is 114 Å². The van der Waals surface area contributed by atoms with E-state index in [4.69, 9.17) is 10.8 Å². The molecule has 0 aliphatic carbocycles. The van der Waals surface area contributed by atoms with E-state index in [-0.39, 0.29) is 24.1 Å². The first-order valence-electron chi connectivity index (χ1n) is 6.02. The smallest absolute Gasteiger partial charge is 0.326 e. The van der Waals surface area contributed by atoms with Crippen LogP contribution in [0.4, 0.5) is 0 Å². The molecule has 2 rings (SSSR count). The molecule has 106 valence electrons. The zero-order chi connectivity index (χ0) is 14.9. The molecule has 0 radical (unpaired) electrons. The van der Waals surface area contributed by atoms with Crippen molar-refractivity contribution in [1.29, 1.82) is 0 Å². The molecule has 0 saturated carbocycles. The van der Waals surface area contributed by atoms with Gasteiger partial charge in [-0.15, -0.1) is 0 Å². The van der Waals surface area contributed by atoms with Crippen molar-refractivity contribution in [1.82, 2.24) is 4.90 Å². The summed E-state index contributed by atoms with van der Waals surface area (Å²) >= 11 is 0. The molecule has 1 aliphatic rings. The number of carboxylic acid groups (broad SMARTS) is 1. The second kappa shape index (κ2) is 5.30. The SMILES string of the molecule is NC(=O)c1ccc(C(=O)N2C[C@@H](O)C[C@H]2C(=O)O)cc1. The maximum atomic E-state index is 12.2. The van der Waals surface area contributed by atoms with Gasteiger partial charge in [-0.25, -0.2) is 4.79 Å². The standard InChI is InChI=1S/C13H14N2O5/c14-11(17)7-1-3-8(4-2-7)12(18)15-6-9(16)5-10(15)13(19)20/h1-4,9-10,16H,5-6H2,(H2,14,17)(H,19,20)/t9-,10-/m0/s1. The fourth-order valence-corrected chi connectivity index (χ4v) is 2.22. The minimum Gasteiger partial charge on any atom is -0.480 e. The summed E-state index contributed by atoms with van der Waals surface area (Å²) in [6, 6.07) is 4.58. The number of rotatable bonds is 3. The van der Waals surface area contributed by atoms with Crippen LogP contribution in [0.1, 0.15) is 27.1 Å². The minimum atomic E-state index is -1.15. The van der Waals surface area contributed by atoms with Gasteiger partial charge in [-0.1, -0.05) is 0 Å². The number of β-amino-alcohol motifs (C(OH)–C–C–N with tert-alkyl or cyclic N) is 1. The molecule has 1 saturated heterocycles. The number of aliphatic carboxylic acids is 1. The molecule has 7 nitrogen and oxygen atoms in total. The summed E-state index contributed by atoms with van der Waals surface area (Å²) in [6.07, 6.45) is -0.828. The molecule has 4 N–H and O–H groups in total. The number of carboxylic acids is 1. The van der Waals surface area contributed by atoms with Crippen LogP contribution in [0.2, 0.25) is 0 Å². The molecule has 1 aromatic rings. The van der Waals surface area contributed by atoms with Crippen LogP contribution in [0.25, 0.3) is 0 Å². The Morgan fingerprint density at radius 1 is 1.15 bits per heavy atom. The number of nitrogens with two attached hydrogens (primary N) is 1. The Morgan fingerprint density at radius 3 is 2.20 bits per heavy atom. The van der Waals surface area contributed by atoms with Gasteiger partial charge in [-0.2, -0.15) is 0 Å². The highest BCUT2D eigenvalue weighted by Crippen LogP contribution is 2.21. The molecule has 20 heavy (non-hydrogen) atoms. The van der Waals surface area contributed by atoms with Crippen LogP contribution in [0.3, 0.4) is 0 Å². The zero-order valence-corrected chi connectivity index (χ0v) is 10.5. The normalized spacial score (nSPS) is 21.8. The number of benzene rings is 1. The van der Waals surface area contributed by atoms with Crippen molar-refractivity contribution >= 4 is 17.8 Å². The van der Waals surface area contributed by atoms with E-state index in [1.807, 2.05) is 0 Å². The van der Waals surface area contributed by atoms with Gasteiger partial charge in [0.15, 0.2) is 0 Å². The lowest BCUT2D eigenvalue weighted by Gasteiger charge is -2.21. The molecule has 2 atom stereocenters. The van der Waals surface area contributed by atoms with E-state index in [9.17, 15) is 19.5 Å². The van der Waals surface area contributed by atoms with Gasteiger partial charge in [0.05, 0.1) is 6.10 Å². The van der Waals surface area contributed by atoms with Gasteiger partial charge in [0, 0.05) is 24.1 Å². The van der Waals surface area contributed by atoms with Gasteiger partial charge in [0.2, 0.25) is 5.91 Å². The lowest BCUT2D eigenvalue weighted by molar-refractivity contribution is -0.141. The largest absolute Gasteiger partial charge is 0.480 e. The summed E-state index contributed by atoms with van der Waals surface area (Å²) in [5.74, 6) is -2.25. The summed E-state index contributed by atoms with van der Waals surface area (Å²) in [5, 5.41) is 18.6. The Hall–Kier alpha value is -2.41. The molecular formula is C13H14N2O5. The topological polar surface area (TPSA) is 121 Å². The third-order valence-corrected chi connectivity index (χ3v) is 3.24. The fraction of sp³-hybridized carbons (Fsp3) is 0.308. The predicted molar refractivity (Wildman–Crippen MR) is 68.0 cm³/mol. The third-order valence-electron chi connectivity index (χ3n) is 3.24. The van der Waals surface area contributed by atoms with Gasteiger partial charge < -0.3 is 20.8 Å². The number of likely N-dealkylation sites (tertiary alicyclic amines) is 1. The van der Waals surface area contributed by atoms with Crippen LogP contribution in [-0.4, -0.2) is 51.6 Å². The summed E-state index contributed by atoms with van der Waals surface area (Å²) in [4.78, 5) is 35.4. The first-order valence-corrected chi connectivity index (χ1v) is 6.02. The average molecular weight is 278 g/mol. The second-order valence-electron chi connectivity index (χ2n) is 4.64. The van der Waals surface area contributed by atoms with Gasteiger partial charge in [0.1, 0.15) is 6.04 Å². The fourth-order valence-electron chi connectivity index (χ4n) is 2.22. The van der Waals surface area contributed by atoms with Crippen LogP contribution in [0.15, 0.2) is 24.3 Å². The van der Waals surface area contributed by atoms with E-state index in [0.29, 0.717) is 0 Å². The van der Waals surface area contributed by atoms with Gasteiger partial charge in [0.25, 0.3) is 5.91 Å². The van der Waals surface area contributed by atoms with Crippen LogP contribution in [0, 0.1) is 0 Å². The van der Waals surface area contributed by atoms with Crippen molar-refractivity contribution in [3.8, 4) is 0 Å².